The summed E-state index contributed by atoms with van der Waals surface area (Å²) in [5.74, 6) is 0.0636. The Balaban J connectivity index is 2.01. The lowest BCUT2D eigenvalue weighted by atomic mass is 9.93. The summed E-state index contributed by atoms with van der Waals surface area (Å²) in [6.45, 7) is 7.94. The lowest BCUT2D eigenvalue weighted by Crippen LogP contribution is -2.30. The average molecular weight is 292 g/mol. The summed E-state index contributed by atoms with van der Waals surface area (Å²) in [4.78, 5) is 16.2. The van der Waals surface area contributed by atoms with Gasteiger partial charge in [0.05, 0.1) is 16.8 Å². The molecule has 20 heavy (non-hydrogen) atoms. The summed E-state index contributed by atoms with van der Waals surface area (Å²) < 4.78 is 1.80. The standard InChI is InChI=1S/C14H20N4OS/c1-8-9-10(15)11(20-13(9)17(4)16-8)12(19)18-6-5-14(2,3)7-18/h5-7,15H2,1-4H3. The molecule has 1 aliphatic rings. The first-order valence-corrected chi connectivity index (χ1v) is 7.63. The van der Waals surface area contributed by atoms with Crippen LogP contribution in [0.2, 0.25) is 0 Å². The lowest BCUT2D eigenvalue weighted by Gasteiger charge is -2.19. The number of carbonyl (C=O) groups excluding carboxylic acids is 1. The van der Waals surface area contributed by atoms with Crippen molar-refractivity contribution >= 4 is 33.1 Å². The van der Waals surface area contributed by atoms with Crippen LogP contribution in [0.3, 0.4) is 0 Å². The first-order chi connectivity index (χ1) is 9.30. The second-order valence-electron chi connectivity index (χ2n) is 6.37. The molecule has 0 saturated carbocycles. The zero-order valence-corrected chi connectivity index (χ0v) is 13.2. The Labute approximate surface area is 122 Å². The van der Waals surface area contributed by atoms with Gasteiger partial charge in [0.25, 0.3) is 5.91 Å². The first-order valence-electron chi connectivity index (χ1n) is 6.81. The number of nitrogen functional groups attached to an aromatic ring is 1. The molecule has 2 aromatic rings. The number of aryl methyl sites for hydroxylation is 2. The third-order valence-electron chi connectivity index (χ3n) is 4.04. The number of hydrogen-bond acceptors (Lipinski definition) is 4. The summed E-state index contributed by atoms with van der Waals surface area (Å²) in [6, 6.07) is 0. The van der Waals surface area contributed by atoms with Crippen molar-refractivity contribution in [3.05, 3.63) is 10.6 Å². The predicted octanol–water partition coefficient (Wildman–Crippen LogP) is 2.40. The number of nitrogens with zero attached hydrogens (tertiary/aromatic N) is 3. The second-order valence-corrected chi connectivity index (χ2v) is 7.37. The van der Waals surface area contributed by atoms with Crippen molar-refractivity contribution in [3.63, 3.8) is 0 Å². The molecule has 1 aliphatic heterocycles. The summed E-state index contributed by atoms with van der Waals surface area (Å²) in [6.07, 6.45) is 1.05. The Bertz CT molecular complexity index is 698. The quantitative estimate of drug-likeness (QED) is 0.877. The largest absolute Gasteiger partial charge is 0.397 e. The van der Waals surface area contributed by atoms with E-state index in [2.05, 4.69) is 18.9 Å². The zero-order valence-electron chi connectivity index (χ0n) is 12.4. The van der Waals surface area contributed by atoms with E-state index in [1.165, 1.54) is 11.3 Å². The van der Waals surface area contributed by atoms with Gasteiger partial charge in [-0.3, -0.25) is 9.48 Å². The maximum Gasteiger partial charge on any atom is 0.266 e. The maximum absolute atomic E-state index is 12.7. The van der Waals surface area contributed by atoms with E-state index in [9.17, 15) is 4.79 Å². The van der Waals surface area contributed by atoms with Crippen molar-refractivity contribution in [1.82, 2.24) is 14.7 Å². The van der Waals surface area contributed by atoms with Crippen molar-refractivity contribution in [2.45, 2.75) is 27.2 Å². The third kappa shape index (κ3) is 1.90. The molecule has 0 unspecified atom stereocenters. The first kappa shape index (κ1) is 13.4. The molecule has 6 heteroatoms. The molecule has 0 spiro atoms. The van der Waals surface area contributed by atoms with Gasteiger partial charge in [-0.1, -0.05) is 13.8 Å². The van der Waals surface area contributed by atoms with Crippen LogP contribution in [0.15, 0.2) is 0 Å². The molecule has 1 amide bonds. The van der Waals surface area contributed by atoms with E-state index >= 15 is 0 Å². The number of hydrogen-bond donors (Lipinski definition) is 1. The normalized spacial score (nSPS) is 18.1. The molecule has 2 N–H and O–H groups in total. The van der Waals surface area contributed by atoms with Gasteiger partial charge in [0.15, 0.2) is 0 Å². The van der Waals surface area contributed by atoms with Crippen molar-refractivity contribution in [1.29, 1.82) is 0 Å². The molecule has 0 atom stereocenters. The number of likely N-dealkylation sites (tertiary alicyclic amines) is 1. The molecule has 0 radical (unpaired) electrons. The highest BCUT2D eigenvalue weighted by Crippen LogP contribution is 2.38. The molecule has 3 heterocycles. The van der Waals surface area contributed by atoms with Gasteiger partial charge in [-0.05, 0) is 18.8 Å². The maximum atomic E-state index is 12.7. The van der Waals surface area contributed by atoms with Gasteiger partial charge in [-0.2, -0.15) is 5.10 Å². The number of rotatable bonds is 1. The number of fused-ring (bicyclic) bond motifs is 1. The minimum absolute atomic E-state index is 0.0636. The number of carbonyl (C=O) groups is 1. The molecular formula is C14H20N4OS. The van der Waals surface area contributed by atoms with E-state index in [4.69, 9.17) is 5.73 Å². The van der Waals surface area contributed by atoms with E-state index in [1.54, 1.807) is 4.68 Å². The fraction of sp³-hybridized carbons (Fsp3) is 0.571. The van der Waals surface area contributed by atoms with Crippen LogP contribution in [0, 0.1) is 12.3 Å². The third-order valence-corrected chi connectivity index (χ3v) is 5.30. The Kier molecular flexibility index (Phi) is 2.83. The summed E-state index contributed by atoms with van der Waals surface area (Å²) >= 11 is 1.45. The fourth-order valence-corrected chi connectivity index (χ4v) is 4.07. The molecule has 3 rings (SSSR count). The SMILES string of the molecule is Cc1nn(C)c2sc(C(=O)N3CCC(C)(C)C3)c(N)c12. The van der Waals surface area contributed by atoms with Crippen LogP contribution in [0.5, 0.6) is 0 Å². The van der Waals surface area contributed by atoms with Crippen LogP contribution in [-0.2, 0) is 7.05 Å². The number of aromatic nitrogens is 2. The molecule has 0 bridgehead atoms. The smallest absolute Gasteiger partial charge is 0.266 e. The molecule has 108 valence electrons. The van der Waals surface area contributed by atoms with E-state index in [0.29, 0.717) is 10.6 Å². The Morgan fingerprint density at radius 3 is 2.70 bits per heavy atom. The monoisotopic (exact) mass is 292 g/mol. The highest BCUT2D eigenvalue weighted by molar-refractivity contribution is 7.21. The van der Waals surface area contributed by atoms with Crippen LogP contribution in [0.4, 0.5) is 5.69 Å². The van der Waals surface area contributed by atoms with Crippen molar-refractivity contribution in [2.75, 3.05) is 18.8 Å². The minimum atomic E-state index is 0.0636. The van der Waals surface area contributed by atoms with Crippen LogP contribution >= 0.6 is 11.3 Å². The molecule has 2 aromatic heterocycles. The van der Waals surface area contributed by atoms with Gasteiger partial charge in [-0.15, -0.1) is 11.3 Å². The Hall–Kier alpha value is -1.56. The molecule has 1 fully saturated rings. The van der Waals surface area contributed by atoms with Crippen LogP contribution < -0.4 is 5.73 Å². The molecule has 0 aromatic carbocycles. The van der Waals surface area contributed by atoms with Crippen molar-refractivity contribution < 1.29 is 4.79 Å². The molecule has 1 saturated heterocycles. The van der Waals surface area contributed by atoms with Crippen LogP contribution in [0.25, 0.3) is 10.2 Å². The van der Waals surface area contributed by atoms with E-state index in [1.807, 2.05) is 18.9 Å². The van der Waals surface area contributed by atoms with Gasteiger partial charge in [0, 0.05) is 20.1 Å². The highest BCUT2D eigenvalue weighted by atomic mass is 32.1. The molecule has 0 aliphatic carbocycles. The lowest BCUT2D eigenvalue weighted by molar-refractivity contribution is 0.0784. The van der Waals surface area contributed by atoms with Gasteiger partial charge in [-0.25, -0.2) is 0 Å². The second kappa shape index (κ2) is 4.22. The fourth-order valence-electron chi connectivity index (χ4n) is 2.92. The summed E-state index contributed by atoms with van der Waals surface area (Å²) in [5.41, 5.74) is 7.88. The summed E-state index contributed by atoms with van der Waals surface area (Å²) in [5, 5.41) is 5.28. The number of thiophene rings is 1. The van der Waals surface area contributed by atoms with Gasteiger partial charge in [0.1, 0.15) is 9.71 Å². The predicted molar refractivity (Wildman–Crippen MR) is 82.0 cm³/mol. The highest BCUT2D eigenvalue weighted by Gasteiger charge is 2.34. The molecular weight excluding hydrogens is 272 g/mol. The Morgan fingerprint density at radius 1 is 1.45 bits per heavy atom. The number of anilines is 1. The van der Waals surface area contributed by atoms with Gasteiger partial charge in [0.2, 0.25) is 0 Å². The van der Waals surface area contributed by atoms with Crippen LogP contribution in [-0.4, -0.2) is 33.7 Å². The van der Waals surface area contributed by atoms with E-state index in [0.717, 1.165) is 35.4 Å². The number of amides is 1. The van der Waals surface area contributed by atoms with E-state index < -0.39 is 0 Å². The molecule has 5 nitrogen and oxygen atoms in total. The Morgan fingerprint density at radius 2 is 2.15 bits per heavy atom. The van der Waals surface area contributed by atoms with Gasteiger partial charge >= 0.3 is 0 Å². The van der Waals surface area contributed by atoms with Gasteiger partial charge < -0.3 is 10.6 Å². The van der Waals surface area contributed by atoms with E-state index in [-0.39, 0.29) is 11.3 Å². The van der Waals surface area contributed by atoms with Crippen LogP contribution in [0.1, 0.15) is 35.6 Å². The van der Waals surface area contributed by atoms with Crippen molar-refractivity contribution in [3.8, 4) is 0 Å². The summed E-state index contributed by atoms with van der Waals surface area (Å²) in [7, 11) is 1.89. The minimum Gasteiger partial charge on any atom is -0.397 e. The topological polar surface area (TPSA) is 64.2 Å². The zero-order chi connectivity index (χ0) is 14.7. The average Bonchev–Trinajstić information content (AvgIpc) is 2.96. The number of nitrogens with two attached hydrogens (primary N) is 1. The van der Waals surface area contributed by atoms with Crippen molar-refractivity contribution in [2.24, 2.45) is 12.5 Å².